The van der Waals surface area contributed by atoms with Gasteiger partial charge in [0.05, 0.1) is 13.2 Å². The van der Waals surface area contributed by atoms with Gasteiger partial charge < -0.3 is 24.2 Å². The van der Waals surface area contributed by atoms with Crippen LogP contribution in [0, 0.1) is 11.8 Å². The van der Waals surface area contributed by atoms with Gasteiger partial charge in [0, 0.05) is 52.2 Å². The Bertz CT molecular complexity index is 457. The molecule has 150 valence electrons. The van der Waals surface area contributed by atoms with E-state index < -0.39 is 0 Å². The monoisotopic (exact) mass is 367 g/mol. The Hall–Kier alpha value is -0.850. The highest BCUT2D eigenvalue weighted by atomic mass is 16.6. The van der Waals surface area contributed by atoms with E-state index in [1.807, 2.05) is 4.90 Å². The zero-order valence-electron chi connectivity index (χ0n) is 16.9. The first-order chi connectivity index (χ1) is 12.5. The molecule has 1 amide bonds. The third-order valence-electron chi connectivity index (χ3n) is 5.99. The first-order valence-electron chi connectivity index (χ1n) is 10.4. The summed E-state index contributed by atoms with van der Waals surface area (Å²) in [7, 11) is 2.16. The topological polar surface area (TPSA) is 45.2 Å². The van der Waals surface area contributed by atoms with E-state index in [2.05, 4.69) is 30.7 Å². The van der Waals surface area contributed by atoms with Crippen LogP contribution in [0.3, 0.4) is 0 Å². The molecule has 0 N–H and O–H groups in total. The van der Waals surface area contributed by atoms with Crippen LogP contribution in [-0.2, 0) is 9.47 Å². The summed E-state index contributed by atoms with van der Waals surface area (Å²) in [6, 6.07) is 0. The van der Waals surface area contributed by atoms with Gasteiger partial charge in [0.25, 0.3) is 0 Å². The van der Waals surface area contributed by atoms with Gasteiger partial charge in [0.2, 0.25) is 0 Å². The molecule has 26 heavy (non-hydrogen) atoms. The fourth-order valence-electron chi connectivity index (χ4n) is 4.61. The van der Waals surface area contributed by atoms with Crippen molar-refractivity contribution in [2.24, 2.45) is 11.8 Å². The van der Waals surface area contributed by atoms with Crippen molar-refractivity contribution >= 4 is 6.09 Å². The number of amides is 1. The van der Waals surface area contributed by atoms with Crippen LogP contribution in [0.25, 0.3) is 0 Å². The van der Waals surface area contributed by atoms with E-state index in [0.717, 1.165) is 78.3 Å². The van der Waals surface area contributed by atoms with Gasteiger partial charge in [-0.25, -0.2) is 4.79 Å². The van der Waals surface area contributed by atoms with E-state index in [1.165, 1.54) is 6.42 Å². The second-order valence-corrected chi connectivity index (χ2v) is 9.01. The molecule has 1 spiro atoms. The summed E-state index contributed by atoms with van der Waals surface area (Å²) in [4.78, 5) is 19.1. The molecule has 3 aliphatic rings. The molecular weight excluding hydrogens is 330 g/mol. The first kappa shape index (κ1) is 19.9. The molecular formula is C20H37N3O3. The SMILES string of the molecule is CC(C)CN(C)CCCN1CC2(CCN(CC3CCOC3)CC2)OC1=O. The summed E-state index contributed by atoms with van der Waals surface area (Å²) < 4.78 is 11.4. The van der Waals surface area contributed by atoms with Gasteiger partial charge in [-0.3, -0.25) is 0 Å². The predicted molar refractivity (Wildman–Crippen MR) is 102 cm³/mol. The summed E-state index contributed by atoms with van der Waals surface area (Å²) in [5.41, 5.74) is -0.233. The average molecular weight is 368 g/mol. The molecule has 0 radical (unpaired) electrons. The second-order valence-electron chi connectivity index (χ2n) is 9.01. The Morgan fingerprint density at radius 1 is 1.31 bits per heavy atom. The van der Waals surface area contributed by atoms with Crippen molar-refractivity contribution in [3.8, 4) is 0 Å². The molecule has 3 aliphatic heterocycles. The van der Waals surface area contributed by atoms with E-state index in [9.17, 15) is 4.79 Å². The van der Waals surface area contributed by atoms with E-state index in [4.69, 9.17) is 9.47 Å². The molecule has 1 atom stereocenters. The third kappa shape index (κ3) is 5.33. The lowest BCUT2D eigenvalue weighted by molar-refractivity contribution is -0.00292. The van der Waals surface area contributed by atoms with Gasteiger partial charge in [0.15, 0.2) is 0 Å². The maximum Gasteiger partial charge on any atom is 0.410 e. The number of nitrogens with zero attached hydrogens (tertiary/aromatic N) is 3. The van der Waals surface area contributed by atoms with Crippen molar-refractivity contribution in [3.63, 3.8) is 0 Å². The van der Waals surface area contributed by atoms with E-state index in [-0.39, 0.29) is 11.7 Å². The molecule has 6 nitrogen and oxygen atoms in total. The highest BCUT2D eigenvalue weighted by Gasteiger charge is 2.46. The quantitative estimate of drug-likeness (QED) is 0.659. The lowest BCUT2D eigenvalue weighted by atomic mass is 9.90. The number of hydrogen-bond acceptors (Lipinski definition) is 5. The van der Waals surface area contributed by atoms with Gasteiger partial charge >= 0.3 is 6.09 Å². The van der Waals surface area contributed by atoms with Crippen molar-refractivity contribution in [1.29, 1.82) is 0 Å². The number of ether oxygens (including phenoxy) is 2. The van der Waals surface area contributed by atoms with Crippen LogP contribution < -0.4 is 0 Å². The van der Waals surface area contributed by atoms with Crippen molar-refractivity contribution in [2.45, 2.75) is 45.1 Å². The number of carbonyl (C=O) groups excluding carboxylic acids is 1. The first-order valence-corrected chi connectivity index (χ1v) is 10.4. The van der Waals surface area contributed by atoms with Gasteiger partial charge in [0.1, 0.15) is 5.60 Å². The molecule has 3 fully saturated rings. The summed E-state index contributed by atoms with van der Waals surface area (Å²) >= 11 is 0. The number of piperidine rings is 1. The van der Waals surface area contributed by atoms with E-state index >= 15 is 0 Å². The molecule has 0 aliphatic carbocycles. The molecule has 0 saturated carbocycles. The normalized spacial score (nSPS) is 26.4. The minimum Gasteiger partial charge on any atom is -0.441 e. The molecule has 3 heterocycles. The van der Waals surface area contributed by atoms with Gasteiger partial charge in [-0.15, -0.1) is 0 Å². The number of likely N-dealkylation sites (tertiary alicyclic amines) is 1. The van der Waals surface area contributed by atoms with Gasteiger partial charge in [-0.1, -0.05) is 13.8 Å². The fourth-order valence-corrected chi connectivity index (χ4v) is 4.61. The van der Waals surface area contributed by atoms with E-state index in [1.54, 1.807) is 0 Å². The molecule has 0 aromatic carbocycles. The van der Waals surface area contributed by atoms with Crippen LogP contribution in [0.2, 0.25) is 0 Å². The number of rotatable bonds is 8. The smallest absolute Gasteiger partial charge is 0.410 e. The van der Waals surface area contributed by atoms with Gasteiger partial charge in [-0.05, 0) is 38.3 Å². The summed E-state index contributed by atoms with van der Waals surface area (Å²) in [6.07, 6.45) is 4.04. The number of hydrogen-bond donors (Lipinski definition) is 0. The largest absolute Gasteiger partial charge is 0.441 e. The molecule has 6 heteroatoms. The van der Waals surface area contributed by atoms with Crippen molar-refractivity contribution < 1.29 is 14.3 Å². The van der Waals surface area contributed by atoms with Crippen molar-refractivity contribution in [2.75, 3.05) is 66.1 Å². The minimum atomic E-state index is -0.233. The Balaban J connectivity index is 1.38. The van der Waals surface area contributed by atoms with Crippen LogP contribution in [0.4, 0.5) is 4.79 Å². The summed E-state index contributed by atoms with van der Waals surface area (Å²) in [5, 5.41) is 0. The average Bonchev–Trinajstić information content (AvgIpc) is 3.18. The van der Waals surface area contributed by atoms with Gasteiger partial charge in [-0.2, -0.15) is 0 Å². The Labute approximate surface area is 158 Å². The Morgan fingerprint density at radius 2 is 2.08 bits per heavy atom. The van der Waals surface area contributed by atoms with Crippen LogP contribution >= 0.6 is 0 Å². The maximum atomic E-state index is 12.3. The zero-order valence-corrected chi connectivity index (χ0v) is 16.9. The zero-order chi connectivity index (χ0) is 18.6. The second kappa shape index (κ2) is 8.89. The lowest BCUT2D eigenvalue weighted by Gasteiger charge is -2.38. The summed E-state index contributed by atoms with van der Waals surface area (Å²) in [5.74, 6) is 1.37. The molecule has 0 aromatic rings. The lowest BCUT2D eigenvalue weighted by Crippen LogP contribution is -2.48. The third-order valence-corrected chi connectivity index (χ3v) is 5.99. The van der Waals surface area contributed by atoms with Crippen LogP contribution in [0.15, 0.2) is 0 Å². The van der Waals surface area contributed by atoms with E-state index in [0.29, 0.717) is 11.8 Å². The molecule has 3 rings (SSSR count). The predicted octanol–water partition coefficient (Wildman–Crippen LogP) is 2.29. The summed E-state index contributed by atoms with van der Waals surface area (Å²) in [6.45, 7) is 13.2. The van der Waals surface area contributed by atoms with Crippen LogP contribution in [0.1, 0.15) is 39.5 Å². The Kier molecular flexibility index (Phi) is 6.81. The fraction of sp³-hybridized carbons (Fsp3) is 0.950. The minimum absolute atomic E-state index is 0.103. The van der Waals surface area contributed by atoms with Crippen molar-refractivity contribution in [1.82, 2.24) is 14.7 Å². The Morgan fingerprint density at radius 3 is 2.73 bits per heavy atom. The molecule has 0 aromatic heterocycles. The van der Waals surface area contributed by atoms with Crippen LogP contribution in [-0.4, -0.2) is 92.5 Å². The maximum absolute atomic E-state index is 12.3. The van der Waals surface area contributed by atoms with Crippen molar-refractivity contribution in [3.05, 3.63) is 0 Å². The highest BCUT2D eigenvalue weighted by Crippen LogP contribution is 2.33. The molecule has 0 bridgehead atoms. The highest BCUT2D eigenvalue weighted by molar-refractivity contribution is 5.70. The number of carbonyl (C=O) groups is 1. The van der Waals surface area contributed by atoms with Crippen LogP contribution in [0.5, 0.6) is 0 Å². The standard InChI is InChI=1S/C20H37N3O3/c1-17(2)13-21(3)8-4-9-23-16-20(26-19(23)24)6-10-22(11-7-20)14-18-5-12-25-15-18/h17-18H,4-16H2,1-3H3. The molecule has 3 saturated heterocycles. The molecule has 1 unspecified atom stereocenters.